The SMILES string of the molecule is COC(=O)c1cncc(NC2CCCC(C)C2C)n1. The molecule has 1 heterocycles. The molecule has 1 aromatic heterocycles. The number of rotatable bonds is 3. The first-order valence-corrected chi connectivity index (χ1v) is 6.78. The van der Waals surface area contributed by atoms with E-state index in [1.807, 2.05) is 0 Å². The average Bonchev–Trinajstić information content (AvgIpc) is 2.43. The lowest BCUT2D eigenvalue weighted by Crippen LogP contribution is -2.35. The number of carbonyl (C=O) groups is 1. The first-order valence-electron chi connectivity index (χ1n) is 6.78. The molecule has 5 nitrogen and oxygen atoms in total. The highest BCUT2D eigenvalue weighted by Gasteiger charge is 2.27. The lowest BCUT2D eigenvalue weighted by atomic mass is 9.78. The van der Waals surface area contributed by atoms with Crippen LogP contribution in [0.15, 0.2) is 12.4 Å². The summed E-state index contributed by atoms with van der Waals surface area (Å²) in [6.45, 7) is 4.55. The van der Waals surface area contributed by atoms with Crippen molar-refractivity contribution in [2.45, 2.75) is 39.2 Å². The van der Waals surface area contributed by atoms with Crippen LogP contribution in [0.25, 0.3) is 0 Å². The molecule has 1 aromatic rings. The van der Waals surface area contributed by atoms with Crippen molar-refractivity contribution in [2.24, 2.45) is 11.8 Å². The van der Waals surface area contributed by atoms with E-state index in [1.165, 1.54) is 26.1 Å². The third-order valence-electron chi connectivity index (χ3n) is 4.07. The lowest BCUT2D eigenvalue weighted by Gasteiger charge is -2.34. The van der Waals surface area contributed by atoms with E-state index in [0.717, 1.165) is 6.42 Å². The third kappa shape index (κ3) is 3.22. The van der Waals surface area contributed by atoms with Crippen LogP contribution in [0, 0.1) is 11.8 Å². The van der Waals surface area contributed by atoms with Gasteiger partial charge in [0, 0.05) is 6.04 Å². The molecule has 0 aromatic carbocycles. The van der Waals surface area contributed by atoms with Crippen LogP contribution in [0.2, 0.25) is 0 Å². The third-order valence-corrected chi connectivity index (χ3v) is 4.07. The summed E-state index contributed by atoms with van der Waals surface area (Å²) in [6, 6.07) is 0.394. The summed E-state index contributed by atoms with van der Waals surface area (Å²) in [5.41, 5.74) is 0.240. The molecule has 1 fully saturated rings. The molecule has 0 spiro atoms. The quantitative estimate of drug-likeness (QED) is 0.849. The van der Waals surface area contributed by atoms with Crippen LogP contribution >= 0.6 is 0 Å². The minimum Gasteiger partial charge on any atom is -0.464 e. The van der Waals surface area contributed by atoms with Gasteiger partial charge in [0.2, 0.25) is 0 Å². The minimum absolute atomic E-state index is 0.240. The number of hydrogen-bond donors (Lipinski definition) is 1. The fourth-order valence-corrected chi connectivity index (χ4v) is 2.61. The van der Waals surface area contributed by atoms with Gasteiger partial charge < -0.3 is 10.1 Å². The van der Waals surface area contributed by atoms with Crippen molar-refractivity contribution in [3.63, 3.8) is 0 Å². The van der Waals surface area contributed by atoms with Crippen LogP contribution in [0.4, 0.5) is 5.82 Å². The average molecular weight is 263 g/mol. The van der Waals surface area contributed by atoms with Crippen molar-refractivity contribution in [3.05, 3.63) is 18.1 Å². The van der Waals surface area contributed by atoms with Crippen molar-refractivity contribution < 1.29 is 9.53 Å². The number of anilines is 1. The van der Waals surface area contributed by atoms with E-state index >= 15 is 0 Å². The van der Waals surface area contributed by atoms with Crippen molar-refractivity contribution in [2.75, 3.05) is 12.4 Å². The Kier molecular flexibility index (Phi) is 4.35. The maximum atomic E-state index is 11.4. The van der Waals surface area contributed by atoms with Crippen molar-refractivity contribution in [1.82, 2.24) is 9.97 Å². The Hall–Kier alpha value is -1.65. The van der Waals surface area contributed by atoms with Gasteiger partial charge in [0.15, 0.2) is 5.69 Å². The fourth-order valence-electron chi connectivity index (χ4n) is 2.61. The summed E-state index contributed by atoms with van der Waals surface area (Å²) in [6.07, 6.45) is 6.72. The Morgan fingerprint density at radius 1 is 1.37 bits per heavy atom. The molecule has 2 rings (SSSR count). The molecular weight excluding hydrogens is 242 g/mol. The zero-order chi connectivity index (χ0) is 13.8. The summed E-state index contributed by atoms with van der Waals surface area (Å²) in [5.74, 6) is 1.50. The Balaban J connectivity index is 2.08. The first kappa shape index (κ1) is 13.8. The predicted octanol–water partition coefficient (Wildman–Crippen LogP) is 2.50. The Morgan fingerprint density at radius 2 is 2.16 bits per heavy atom. The lowest BCUT2D eigenvalue weighted by molar-refractivity contribution is 0.0593. The van der Waals surface area contributed by atoms with Crippen LogP contribution in [0.1, 0.15) is 43.6 Å². The second-order valence-electron chi connectivity index (χ2n) is 5.30. The highest BCUT2D eigenvalue weighted by Crippen LogP contribution is 2.31. The molecule has 3 unspecified atom stereocenters. The van der Waals surface area contributed by atoms with Crippen LogP contribution < -0.4 is 5.32 Å². The van der Waals surface area contributed by atoms with E-state index in [-0.39, 0.29) is 5.69 Å². The molecule has 1 aliphatic rings. The molecule has 0 bridgehead atoms. The number of carbonyl (C=O) groups excluding carboxylic acids is 1. The molecule has 0 radical (unpaired) electrons. The summed E-state index contributed by atoms with van der Waals surface area (Å²) in [4.78, 5) is 19.7. The van der Waals surface area contributed by atoms with E-state index in [4.69, 9.17) is 0 Å². The number of aromatic nitrogens is 2. The number of nitrogens with one attached hydrogen (secondary N) is 1. The summed E-state index contributed by atoms with van der Waals surface area (Å²) < 4.78 is 4.65. The molecule has 0 amide bonds. The number of ether oxygens (including phenoxy) is 1. The van der Waals surface area contributed by atoms with Gasteiger partial charge in [-0.1, -0.05) is 26.7 Å². The Morgan fingerprint density at radius 3 is 2.89 bits per heavy atom. The summed E-state index contributed by atoms with van der Waals surface area (Å²) >= 11 is 0. The molecule has 1 aliphatic carbocycles. The molecule has 1 saturated carbocycles. The Labute approximate surface area is 113 Å². The first-order chi connectivity index (χ1) is 9.11. The van der Waals surface area contributed by atoms with Crippen LogP contribution in [0.5, 0.6) is 0 Å². The molecule has 0 aliphatic heterocycles. The van der Waals surface area contributed by atoms with E-state index in [1.54, 1.807) is 6.20 Å². The number of methoxy groups -OCH3 is 1. The van der Waals surface area contributed by atoms with Crippen molar-refractivity contribution >= 4 is 11.8 Å². The van der Waals surface area contributed by atoms with Gasteiger partial charge in [0.05, 0.1) is 19.5 Å². The predicted molar refractivity (Wildman–Crippen MR) is 73.0 cm³/mol. The highest BCUT2D eigenvalue weighted by molar-refractivity contribution is 5.87. The zero-order valence-electron chi connectivity index (χ0n) is 11.7. The van der Waals surface area contributed by atoms with Crippen LogP contribution in [0.3, 0.4) is 0 Å². The molecule has 104 valence electrons. The van der Waals surface area contributed by atoms with Crippen molar-refractivity contribution in [3.8, 4) is 0 Å². The zero-order valence-corrected chi connectivity index (χ0v) is 11.7. The van der Waals surface area contributed by atoms with Crippen molar-refractivity contribution in [1.29, 1.82) is 0 Å². The van der Waals surface area contributed by atoms with E-state index in [2.05, 4.69) is 33.9 Å². The maximum Gasteiger partial charge on any atom is 0.358 e. The smallest absolute Gasteiger partial charge is 0.358 e. The second-order valence-corrected chi connectivity index (χ2v) is 5.30. The standard InChI is InChI=1S/C14H21N3O2/c1-9-5-4-6-11(10(9)2)16-13-8-15-7-12(17-13)14(18)19-3/h7-11H,4-6H2,1-3H3,(H,16,17). The molecule has 19 heavy (non-hydrogen) atoms. The van der Waals surface area contributed by atoms with Gasteiger partial charge in [-0.2, -0.15) is 0 Å². The van der Waals surface area contributed by atoms with E-state index in [9.17, 15) is 4.79 Å². The van der Waals surface area contributed by atoms with Gasteiger partial charge in [-0.15, -0.1) is 0 Å². The summed E-state index contributed by atoms with van der Waals surface area (Å²) in [5, 5.41) is 3.40. The monoisotopic (exact) mass is 263 g/mol. The van der Waals surface area contributed by atoms with Gasteiger partial charge in [-0.05, 0) is 18.3 Å². The van der Waals surface area contributed by atoms with Gasteiger partial charge in [-0.25, -0.2) is 9.78 Å². The molecular formula is C14H21N3O2. The maximum absolute atomic E-state index is 11.4. The van der Waals surface area contributed by atoms with E-state index in [0.29, 0.717) is 23.7 Å². The van der Waals surface area contributed by atoms with Gasteiger partial charge >= 0.3 is 5.97 Å². The molecule has 1 N–H and O–H groups in total. The normalized spacial score (nSPS) is 26.8. The van der Waals surface area contributed by atoms with E-state index < -0.39 is 5.97 Å². The second kappa shape index (κ2) is 5.99. The van der Waals surface area contributed by atoms with Gasteiger partial charge in [0.25, 0.3) is 0 Å². The molecule has 3 atom stereocenters. The topological polar surface area (TPSA) is 64.1 Å². The number of hydrogen-bond acceptors (Lipinski definition) is 5. The summed E-state index contributed by atoms with van der Waals surface area (Å²) in [7, 11) is 1.34. The largest absolute Gasteiger partial charge is 0.464 e. The minimum atomic E-state index is -0.457. The highest BCUT2D eigenvalue weighted by atomic mass is 16.5. The van der Waals surface area contributed by atoms with Crippen LogP contribution in [-0.4, -0.2) is 29.1 Å². The Bertz CT molecular complexity index is 450. The van der Waals surface area contributed by atoms with Crippen LogP contribution in [-0.2, 0) is 4.74 Å². The van der Waals surface area contributed by atoms with Gasteiger partial charge in [0.1, 0.15) is 5.82 Å². The molecule has 5 heteroatoms. The van der Waals surface area contributed by atoms with Gasteiger partial charge in [-0.3, -0.25) is 4.98 Å². The molecule has 0 saturated heterocycles. The number of esters is 1. The fraction of sp³-hybridized carbons (Fsp3) is 0.643. The number of nitrogens with zero attached hydrogens (tertiary/aromatic N) is 2.